The fourth-order valence-corrected chi connectivity index (χ4v) is 2.71. The van der Waals surface area contributed by atoms with Gasteiger partial charge in [-0.1, -0.05) is 24.3 Å². The van der Waals surface area contributed by atoms with Crippen LogP contribution >= 0.6 is 0 Å². The highest BCUT2D eigenvalue weighted by Crippen LogP contribution is 2.40. The quantitative estimate of drug-likeness (QED) is 0.842. The summed E-state index contributed by atoms with van der Waals surface area (Å²) in [6.07, 6.45) is 0.390. The van der Waals surface area contributed by atoms with Crippen LogP contribution < -0.4 is 14.2 Å². The molecule has 0 aliphatic heterocycles. The van der Waals surface area contributed by atoms with Crippen molar-refractivity contribution in [2.24, 2.45) is 0 Å². The first-order valence-corrected chi connectivity index (χ1v) is 7.59. The second-order valence-corrected chi connectivity index (χ2v) is 5.48. The van der Waals surface area contributed by atoms with Crippen molar-refractivity contribution in [1.82, 2.24) is 0 Å². The molecule has 1 N–H and O–H groups in total. The number of hydrogen-bond donors (Lipinski definition) is 1. The molecule has 2 aromatic rings. The molecule has 0 aliphatic carbocycles. The van der Waals surface area contributed by atoms with Crippen molar-refractivity contribution in [3.8, 4) is 17.2 Å². The molecule has 5 nitrogen and oxygen atoms in total. The normalized spacial score (nSPS) is 11.7. The van der Waals surface area contributed by atoms with Crippen molar-refractivity contribution < 1.29 is 24.1 Å². The van der Waals surface area contributed by atoms with Crippen molar-refractivity contribution in [3.63, 3.8) is 0 Å². The van der Waals surface area contributed by atoms with E-state index in [4.69, 9.17) is 14.2 Å². The highest BCUT2D eigenvalue weighted by Gasteiger charge is 2.25. The number of rotatable bonds is 7. The molecule has 2 aromatic carbocycles. The molecule has 24 heavy (non-hydrogen) atoms. The zero-order valence-corrected chi connectivity index (χ0v) is 14.3. The van der Waals surface area contributed by atoms with Gasteiger partial charge in [0.15, 0.2) is 11.5 Å². The number of aliphatic carboxylic acids is 1. The molecule has 0 heterocycles. The molecule has 2 rings (SSSR count). The van der Waals surface area contributed by atoms with Crippen molar-refractivity contribution in [3.05, 3.63) is 53.1 Å². The van der Waals surface area contributed by atoms with E-state index >= 15 is 0 Å². The predicted octanol–water partition coefficient (Wildman–Crippen LogP) is 3.43. The van der Waals surface area contributed by atoms with Crippen molar-refractivity contribution in [1.29, 1.82) is 0 Å². The number of carboxylic acid groups (broad SMARTS) is 1. The summed E-state index contributed by atoms with van der Waals surface area (Å²) in [5, 5.41) is 9.72. The van der Waals surface area contributed by atoms with Gasteiger partial charge in [0.1, 0.15) is 0 Å². The molecule has 0 radical (unpaired) electrons. The van der Waals surface area contributed by atoms with Crippen LogP contribution in [0.5, 0.6) is 17.2 Å². The van der Waals surface area contributed by atoms with E-state index in [1.807, 2.05) is 31.2 Å². The third kappa shape index (κ3) is 3.62. The van der Waals surface area contributed by atoms with Gasteiger partial charge in [0, 0.05) is 0 Å². The molecular formula is C19H22O5. The molecule has 0 aliphatic rings. The van der Waals surface area contributed by atoms with Gasteiger partial charge >= 0.3 is 5.97 Å². The maximum atomic E-state index is 11.9. The smallest absolute Gasteiger partial charge is 0.311 e. The van der Waals surface area contributed by atoms with Crippen molar-refractivity contribution in [2.75, 3.05) is 21.3 Å². The Morgan fingerprint density at radius 3 is 2.08 bits per heavy atom. The Balaban J connectivity index is 2.48. The lowest BCUT2D eigenvalue weighted by atomic mass is 9.90. The topological polar surface area (TPSA) is 65.0 Å². The van der Waals surface area contributed by atoms with Gasteiger partial charge < -0.3 is 19.3 Å². The molecule has 5 heteroatoms. The maximum absolute atomic E-state index is 11.9. The van der Waals surface area contributed by atoms with E-state index in [1.165, 1.54) is 21.3 Å². The van der Waals surface area contributed by atoms with Crippen LogP contribution in [0.25, 0.3) is 0 Å². The Labute approximate surface area is 141 Å². The second kappa shape index (κ2) is 7.73. The SMILES string of the molecule is COc1cc(C(Cc2ccccc2C)C(=O)O)cc(OC)c1OC. The van der Waals surface area contributed by atoms with Crippen LogP contribution in [0.1, 0.15) is 22.6 Å². The van der Waals surface area contributed by atoms with Gasteiger partial charge in [0.05, 0.1) is 27.2 Å². The molecule has 0 amide bonds. The molecule has 0 saturated carbocycles. The molecule has 0 saturated heterocycles. The van der Waals surface area contributed by atoms with Gasteiger partial charge in [-0.15, -0.1) is 0 Å². The number of hydrogen-bond acceptors (Lipinski definition) is 4. The highest BCUT2D eigenvalue weighted by molar-refractivity contribution is 5.77. The van der Waals surface area contributed by atoms with Gasteiger partial charge in [0.25, 0.3) is 0 Å². The number of ether oxygens (including phenoxy) is 3. The molecule has 0 fully saturated rings. The first kappa shape index (κ1) is 17.7. The number of benzene rings is 2. The average Bonchev–Trinajstić information content (AvgIpc) is 2.59. The molecule has 0 aromatic heterocycles. The zero-order chi connectivity index (χ0) is 17.7. The van der Waals surface area contributed by atoms with Gasteiger partial charge in [-0.25, -0.2) is 0 Å². The summed E-state index contributed by atoms with van der Waals surface area (Å²) in [6.45, 7) is 1.98. The number of methoxy groups -OCH3 is 3. The van der Waals surface area contributed by atoms with E-state index in [0.29, 0.717) is 29.2 Å². The second-order valence-electron chi connectivity index (χ2n) is 5.48. The minimum absolute atomic E-state index is 0.390. The van der Waals surface area contributed by atoms with Crippen LogP contribution in [0.3, 0.4) is 0 Å². The summed E-state index contributed by atoms with van der Waals surface area (Å²) in [5.41, 5.74) is 2.68. The first-order valence-electron chi connectivity index (χ1n) is 7.59. The summed E-state index contributed by atoms with van der Waals surface area (Å²) in [6, 6.07) is 11.2. The van der Waals surface area contributed by atoms with Gasteiger partial charge in [0.2, 0.25) is 5.75 Å². The van der Waals surface area contributed by atoms with E-state index in [-0.39, 0.29) is 0 Å². The fraction of sp³-hybridized carbons (Fsp3) is 0.316. The van der Waals surface area contributed by atoms with Crippen LogP contribution in [-0.4, -0.2) is 32.4 Å². The van der Waals surface area contributed by atoms with E-state index in [1.54, 1.807) is 12.1 Å². The van der Waals surface area contributed by atoms with E-state index in [2.05, 4.69) is 0 Å². The Morgan fingerprint density at radius 1 is 1.04 bits per heavy atom. The zero-order valence-electron chi connectivity index (χ0n) is 14.3. The summed E-state index contributed by atoms with van der Waals surface area (Å²) < 4.78 is 15.9. The third-order valence-corrected chi connectivity index (χ3v) is 4.07. The molecule has 0 bridgehead atoms. The Bertz CT molecular complexity index is 698. The molecule has 128 valence electrons. The summed E-state index contributed by atoms with van der Waals surface area (Å²) in [5.74, 6) is -0.262. The third-order valence-electron chi connectivity index (χ3n) is 4.07. The summed E-state index contributed by atoms with van der Waals surface area (Å²) >= 11 is 0. The Hall–Kier alpha value is -2.69. The number of aryl methyl sites for hydroxylation is 1. The molecular weight excluding hydrogens is 308 g/mol. The molecule has 1 atom stereocenters. The average molecular weight is 330 g/mol. The van der Waals surface area contributed by atoms with Crippen LogP contribution in [0.2, 0.25) is 0 Å². The predicted molar refractivity (Wildman–Crippen MR) is 91.4 cm³/mol. The van der Waals surface area contributed by atoms with E-state index in [0.717, 1.165) is 11.1 Å². The summed E-state index contributed by atoms with van der Waals surface area (Å²) in [7, 11) is 4.54. The monoisotopic (exact) mass is 330 g/mol. The van der Waals surface area contributed by atoms with Gasteiger partial charge in [-0.3, -0.25) is 4.79 Å². The maximum Gasteiger partial charge on any atom is 0.311 e. The highest BCUT2D eigenvalue weighted by atomic mass is 16.5. The van der Waals surface area contributed by atoms with Crippen LogP contribution in [0.4, 0.5) is 0 Å². The number of carboxylic acids is 1. The molecule has 1 unspecified atom stereocenters. The van der Waals surface area contributed by atoms with Crippen LogP contribution in [-0.2, 0) is 11.2 Å². The molecule has 0 spiro atoms. The minimum atomic E-state index is -0.896. The van der Waals surface area contributed by atoms with Crippen LogP contribution in [0.15, 0.2) is 36.4 Å². The van der Waals surface area contributed by atoms with E-state index in [9.17, 15) is 9.90 Å². The van der Waals surface area contributed by atoms with Crippen LogP contribution in [0, 0.1) is 6.92 Å². The number of carbonyl (C=O) groups is 1. The van der Waals surface area contributed by atoms with Crippen molar-refractivity contribution >= 4 is 5.97 Å². The Kier molecular flexibility index (Phi) is 5.68. The lowest BCUT2D eigenvalue weighted by Gasteiger charge is -2.18. The lowest BCUT2D eigenvalue weighted by molar-refractivity contribution is -0.138. The lowest BCUT2D eigenvalue weighted by Crippen LogP contribution is -2.15. The standard InChI is InChI=1S/C19H22O5/c1-12-7-5-6-8-13(12)9-15(19(20)21)14-10-16(22-2)18(24-4)17(11-14)23-3/h5-8,10-11,15H,9H2,1-4H3,(H,20,21). The summed E-state index contributed by atoms with van der Waals surface area (Å²) in [4.78, 5) is 11.9. The van der Waals surface area contributed by atoms with Gasteiger partial charge in [-0.05, 0) is 42.2 Å². The van der Waals surface area contributed by atoms with Gasteiger partial charge in [-0.2, -0.15) is 0 Å². The fourth-order valence-electron chi connectivity index (χ4n) is 2.71. The minimum Gasteiger partial charge on any atom is -0.493 e. The van der Waals surface area contributed by atoms with Crippen molar-refractivity contribution in [2.45, 2.75) is 19.3 Å². The first-order chi connectivity index (χ1) is 11.5. The largest absolute Gasteiger partial charge is 0.493 e. The Morgan fingerprint density at radius 2 is 1.62 bits per heavy atom. The van der Waals surface area contributed by atoms with E-state index < -0.39 is 11.9 Å².